The van der Waals surface area contributed by atoms with Crippen molar-refractivity contribution < 1.29 is 9.34 Å². The second-order valence-corrected chi connectivity index (χ2v) is 4.54. The zero-order valence-electron chi connectivity index (χ0n) is 10.3. The molecule has 1 N–H and O–H groups in total. The second-order valence-electron chi connectivity index (χ2n) is 4.11. The fraction of sp³-hybridized carbons (Fsp3) is 0.231. The molecule has 1 heterocycles. The number of rotatable bonds is 5. The molecule has 0 spiro atoms. The normalized spacial score (nSPS) is 12.3. The van der Waals surface area contributed by atoms with E-state index >= 15 is 0 Å². The molecule has 1 atom stereocenters. The first-order valence-corrected chi connectivity index (χ1v) is 6.14. The van der Waals surface area contributed by atoms with Gasteiger partial charge < -0.3 is 9.73 Å². The third kappa shape index (κ3) is 3.33. The Morgan fingerprint density at radius 1 is 1.42 bits per heavy atom. The topological polar surface area (TPSA) is 68.3 Å². The van der Waals surface area contributed by atoms with E-state index in [0.29, 0.717) is 17.2 Å². The van der Waals surface area contributed by atoms with Crippen LogP contribution in [0, 0.1) is 10.1 Å². The van der Waals surface area contributed by atoms with Crippen molar-refractivity contribution in [3.63, 3.8) is 0 Å². The first kappa shape index (κ1) is 13.6. The molecule has 100 valence electrons. The Labute approximate surface area is 115 Å². The minimum atomic E-state index is -0.546. The number of halogens is 1. The molecule has 2 aromatic rings. The highest BCUT2D eigenvalue weighted by Crippen LogP contribution is 2.25. The van der Waals surface area contributed by atoms with Crippen LogP contribution in [0.1, 0.15) is 17.4 Å². The summed E-state index contributed by atoms with van der Waals surface area (Å²) in [6.45, 7) is 0. The van der Waals surface area contributed by atoms with Gasteiger partial charge in [0, 0.05) is 5.02 Å². The molecule has 2 rings (SSSR count). The van der Waals surface area contributed by atoms with E-state index in [9.17, 15) is 10.1 Å². The summed E-state index contributed by atoms with van der Waals surface area (Å²) in [6, 6.07) is 10.3. The Morgan fingerprint density at radius 2 is 2.21 bits per heavy atom. The number of benzene rings is 1. The van der Waals surface area contributed by atoms with Crippen molar-refractivity contribution in [2.45, 2.75) is 12.5 Å². The molecule has 0 amide bonds. The average Bonchev–Trinajstić information content (AvgIpc) is 2.85. The fourth-order valence-corrected chi connectivity index (χ4v) is 2.09. The summed E-state index contributed by atoms with van der Waals surface area (Å²) in [6.07, 6.45) is 0.641. The summed E-state index contributed by atoms with van der Waals surface area (Å²) in [4.78, 5) is 10.1. The van der Waals surface area contributed by atoms with Gasteiger partial charge in [-0.1, -0.05) is 23.7 Å². The summed E-state index contributed by atoms with van der Waals surface area (Å²) in [7, 11) is 1.78. The number of nitrogens with one attached hydrogen (secondary N) is 1. The van der Waals surface area contributed by atoms with Crippen LogP contribution in [-0.4, -0.2) is 12.0 Å². The highest BCUT2D eigenvalue weighted by Gasteiger charge is 2.18. The highest BCUT2D eigenvalue weighted by atomic mass is 35.5. The first-order valence-electron chi connectivity index (χ1n) is 5.76. The molecular formula is C13H13ClN2O3. The molecule has 0 saturated carbocycles. The third-order valence-corrected chi connectivity index (χ3v) is 3.05. The number of likely N-dealkylation sites (N-methyl/N-ethyl adjacent to an activating group) is 1. The standard InChI is InChI=1S/C13H13ClN2O3/c1-15-11(8-9-3-2-4-10(14)7-9)12-5-6-13(19-12)16(17)18/h2-7,11,15H,8H2,1H3. The molecule has 0 saturated heterocycles. The van der Waals surface area contributed by atoms with Gasteiger partial charge in [0.05, 0.1) is 12.1 Å². The van der Waals surface area contributed by atoms with Crippen molar-refractivity contribution in [1.82, 2.24) is 5.32 Å². The van der Waals surface area contributed by atoms with E-state index in [0.717, 1.165) is 5.56 Å². The van der Waals surface area contributed by atoms with Crippen LogP contribution in [0.25, 0.3) is 0 Å². The Bertz CT molecular complexity index is 583. The lowest BCUT2D eigenvalue weighted by Gasteiger charge is -2.13. The van der Waals surface area contributed by atoms with Crippen molar-refractivity contribution in [3.05, 3.63) is 62.9 Å². The Balaban J connectivity index is 2.17. The van der Waals surface area contributed by atoms with Crippen LogP contribution in [0.2, 0.25) is 5.02 Å². The predicted molar refractivity (Wildman–Crippen MR) is 72.3 cm³/mol. The van der Waals surface area contributed by atoms with Crippen molar-refractivity contribution in [2.24, 2.45) is 0 Å². The Morgan fingerprint density at radius 3 is 2.79 bits per heavy atom. The van der Waals surface area contributed by atoms with Crippen molar-refractivity contribution in [3.8, 4) is 0 Å². The van der Waals surface area contributed by atoms with E-state index in [1.165, 1.54) is 6.07 Å². The van der Waals surface area contributed by atoms with Gasteiger partial charge in [-0.2, -0.15) is 0 Å². The van der Waals surface area contributed by atoms with Crippen LogP contribution in [0.15, 0.2) is 40.8 Å². The molecule has 0 aliphatic rings. The van der Waals surface area contributed by atoms with Gasteiger partial charge in [0.1, 0.15) is 10.7 Å². The minimum absolute atomic E-state index is 0.132. The molecular weight excluding hydrogens is 268 g/mol. The molecule has 0 aliphatic heterocycles. The van der Waals surface area contributed by atoms with Gasteiger partial charge in [0.25, 0.3) is 0 Å². The van der Waals surface area contributed by atoms with Crippen LogP contribution in [0.3, 0.4) is 0 Å². The summed E-state index contributed by atoms with van der Waals surface area (Å²) in [5, 5.41) is 14.3. The van der Waals surface area contributed by atoms with Gasteiger partial charge in [-0.3, -0.25) is 10.1 Å². The van der Waals surface area contributed by atoms with E-state index in [1.807, 2.05) is 18.2 Å². The van der Waals surface area contributed by atoms with Gasteiger partial charge in [-0.25, -0.2) is 0 Å². The zero-order chi connectivity index (χ0) is 13.8. The molecule has 0 bridgehead atoms. The lowest BCUT2D eigenvalue weighted by Crippen LogP contribution is -2.18. The van der Waals surface area contributed by atoms with Crippen LogP contribution in [0.4, 0.5) is 5.88 Å². The van der Waals surface area contributed by atoms with Gasteiger partial charge >= 0.3 is 5.88 Å². The van der Waals surface area contributed by atoms with Gasteiger partial charge in [-0.05, 0) is 37.2 Å². The summed E-state index contributed by atoms with van der Waals surface area (Å²) < 4.78 is 5.21. The van der Waals surface area contributed by atoms with Gasteiger partial charge in [-0.15, -0.1) is 0 Å². The molecule has 0 fully saturated rings. The monoisotopic (exact) mass is 280 g/mol. The Hall–Kier alpha value is -1.85. The maximum Gasteiger partial charge on any atom is 0.433 e. The summed E-state index contributed by atoms with van der Waals surface area (Å²) >= 11 is 5.93. The summed E-state index contributed by atoms with van der Waals surface area (Å²) in [5.41, 5.74) is 1.03. The minimum Gasteiger partial charge on any atom is -0.404 e. The quantitative estimate of drug-likeness (QED) is 0.674. The predicted octanol–water partition coefficient (Wildman–Crippen LogP) is 3.34. The van der Waals surface area contributed by atoms with E-state index in [2.05, 4.69) is 5.32 Å². The number of nitrogens with zero attached hydrogens (tertiary/aromatic N) is 1. The number of furan rings is 1. The zero-order valence-corrected chi connectivity index (χ0v) is 11.1. The molecule has 6 heteroatoms. The maximum atomic E-state index is 10.6. The fourth-order valence-electron chi connectivity index (χ4n) is 1.87. The lowest BCUT2D eigenvalue weighted by atomic mass is 10.0. The van der Waals surface area contributed by atoms with Crippen molar-refractivity contribution in [2.75, 3.05) is 7.05 Å². The molecule has 1 aromatic heterocycles. The maximum absolute atomic E-state index is 10.6. The number of hydrogen-bond donors (Lipinski definition) is 1. The SMILES string of the molecule is CNC(Cc1cccc(Cl)c1)c1ccc([N+](=O)[O-])o1. The lowest BCUT2D eigenvalue weighted by molar-refractivity contribution is -0.402. The summed E-state index contributed by atoms with van der Waals surface area (Å²) in [5.74, 6) is 0.288. The van der Waals surface area contributed by atoms with E-state index in [4.69, 9.17) is 16.0 Å². The van der Waals surface area contributed by atoms with Crippen molar-refractivity contribution >= 4 is 17.5 Å². The molecule has 0 radical (unpaired) electrons. The van der Waals surface area contributed by atoms with Crippen LogP contribution >= 0.6 is 11.6 Å². The molecule has 1 unspecified atom stereocenters. The number of hydrogen-bond acceptors (Lipinski definition) is 4. The van der Waals surface area contributed by atoms with Gasteiger partial charge in [0.2, 0.25) is 0 Å². The van der Waals surface area contributed by atoms with Gasteiger partial charge in [0.15, 0.2) is 0 Å². The van der Waals surface area contributed by atoms with Crippen LogP contribution < -0.4 is 5.32 Å². The van der Waals surface area contributed by atoms with Crippen LogP contribution in [0.5, 0.6) is 0 Å². The second kappa shape index (κ2) is 5.86. The average molecular weight is 281 g/mol. The van der Waals surface area contributed by atoms with Crippen molar-refractivity contribution in [1.29, 1.82) is 0 Å². The van der Waals surface area contributed by atoms with Crippen LogP contribution in [-0.2, 0) is 6.42 Å². The largest absolute Gasteiger partial charge is 0.433 e. The third-order valence-electron chi connectivity index (χ3n) is 2.81. The smallest absolute Gasteiger partial charge is 0.404 e. The molecule has 19 heavy (non-hydrogen) atoms. The van der Waals surface area contributed by atoms with E-state index in [-0.39, 0.29) is 11.9 Å². The highest BCUT2D eigenvalue weighted by molar-refractivity contribution is 6.30. The Kier molecular flexibility index (Phi) is 4.19. The first-order chi connectivity index (χ1) is 9.10. The number of nitro groups is 1. The van der Waals surface area contributed by atoms with E-state index in [1.54, 1.807) is 19.2 Å². The molecule has 0 aliphatic carbocycles. The molecule has 5 nitrogen and oxygen atoms in total. The van der Waals surface area contributed by atoms with E-state index < -0.39 is 4.92 Å². The molecule has 1 aromatic carbocycles.